The van der Waals surface area contributed by atoms with E-state index in [1.54, 1.807) is 0 Å². The van der Waals surface area contributed by atoms with Crippen LogP contribution in [0, 0.1) is 6.92 Å². The van der Waals surface area contributed by atoms with Crippen LogP contribution in [0.2, 0.25) is 0 Å². The van der Waals surface area contributed by atoms with Gasteiger partial charge in [-0.1, -0.05) is 0 Å². The first-order valence-electron chi connectivity index (χ1n) is 7.26. The highest BCUT2D eigenvalue weighted by molar-refractivity contribution is 6.03. The van der Waals surface area contributed by atoms with Crippen LogP contribution < -0.4 is 5.32 Å². The number of nitrogens with one attached hydrogen (secondary N) is 1. The Morgan fingerprint density at radius 1 is 1.38 bits per heavy atom. The van der Waals surface area contributed by atoms with Crippen LogP contribution in [0.15, 0.2) is 4.42 Å². The van der Waals surface area contributed by atoms with E-state index in [4.69, 9.17) is 4.42 Å². The monoisotopic (exact) mass is 312 g/mol. The fourth-order valence-electron chi connectivity index (χ4n) is 3.13. The van der Waals surface area contributed by atoms with Gasteiger partial charge in [0.05, 0.1) is 5.56 Å². The minimum Gasteiger partial charge on any atom is -0.455 e. The molecule has 2 aliphatic rings. The summed E-state index contributed by atoms with van der Waals surface area (Å²) in [5.74, 6) is 1.09. The lowest BCUT2D eigenvalue weighted by Crippen LogP contribution is -2.52. The van der Waals surface area contributed by atoms with Crippen molar-refractivity contribution in [3.8, 4) is 0 Å². The molecular weight excluding hydrogens is 292 g/mol. The number of furan rings is 1. The number of aryl methyl sites for hydroxylation is 1. The van der Waals surface area contributed by atoms with Gasteiger partial charge in [0.2, 0.25) is 0 Å². The SMILES string of the molecule is Cc1c(C(=O)N2CCNCC2C)oc2c1C(=O)CCC2.Cl. The third kappa shape index (κ3) is 2.72. The number of carbonyl (C=O) groups excluding carboxylic acids is 2. The predicted octanol–water partition coefficient (Wildman–Crippen LogP) is 1.96. The minimum atomic E-state index is -0.0845. The average molecular weight is 313 g/mol. The Kier molecular flexibility index (Phi) is 4.74. The molecule has 0 radical (unpaired) electrons. The summed E-state index contributed by atoms with van der Waals surface area (Å²) in [6, 6.07) is 0.147. The Balaban J connectivity index is 0.00000161. The number of hydrogen-bond donors (Lipinski definition) is 1. The Bertz CT molecular complexity index is 568. The fourth-order valence-corrected chi connectivity index (χ4v) is 3.13. The van der Waals surface area contributed by atoms with Crippen molar-refractivity contribution in [2.75, 3.05) is 19.6 Å². The smallest absolute Gasteiger partial charge is 0.290 e. The van der Waals surface area contributed by atoms with Crippen LogP contribution in [-0.4, -0.2) is 42.3 Å². The van der Waals surface area contributed by atoms with Crippen LogP contribution in [0.1, 0.15) is 52.0 Å². The molecule has 21 heavy (non-hydrogen) atoms. The molecule has 6 heteroatoms. The van der Waals surface area contributed by atoms with Gasteiger partial charge in [-0.2, -0.15) is 0 Å². The van der Waals surface area contributed by atoms with Crippen molar-refractivity contribution in [3.05, 3.63) is 22.6 Å². The quantitative estimate of drug-likeness (QED) is 0.861. The Morgan fingerprint density at radius 3 is 2.81 bits per heavy atom. The van der Waals surface area contributed by atoms with Crippen molar-refractivity contribution in [1.29, 1.82) is 0 Å². The molecule has 2 heterocycles. The van der Waals surface area contributed by atoms with E-state index < -0.39 is 0 Å². The molecule has 1 atom stereocenters. The van der Waals surface area contributed by atoms with Gasteiger partial charge in [-0.15, -0.1) is 12.4 Å². The second-order valence-electron chi connectivity index (χ2n) is 5.68. The van der Waals surface area contributed by atoms with Gasteiger partial charge in [-0.25, -0.2) is 0 Å². The van der Waals surface area contributed by atoms with Crippen LogP contribution in [0.3, 0.4) is 0 Å². The first kappa shape index (κ1) is 16.0. The molecule has 1 unspecified atom stereocenters. The summed E-state index contributed by atoms with van der Waals surface area (Å²) in [5.41, 5.74) is 1.38. The molecule has 116 valence electrons. The summed E-state index contributed by atoms with van der Waals surface area (Å²) in [6.45, 7) is 6.12. The van der Waals surface area contributed by atoms with Crippen molar-refractivity contribution in [3.63, 3.8) is 0 Å². The Labute approximate surface area is 130 Å². The normalized spacial score (nSPS) is 21.7. The molecule has 1 aliphatic heterocycles. The van der Waals surface area contributed by atoms with Gasteiger partial charge in [0.15, 0.2) is 11.5 Å². The second kappa shape index (κ2) is 6.20. The van der Waals surface area contributed by atoms with Crippen molar-refractivity contribution in [1.82, 2.24) is 10.2 Å². The van der Waals surface area contributed by atoms with E-state index in [-0.39, 0.29) is 30.1 Å². The number of hydrogen-bond acceptors (Lipinski definition) is 4. The standard InChI is InChI=1S/C15H20N2O3.ClH/c1-9-8-16-6-7-17(9)15(19)14-10(2)13-11(18)4-3-5-12(13)20-14;/h9,16H,3-8H2,1-2H3;1H. The van der Waals surface area contributed by atoms with Gasteiger partial charge < -0.3 is 14.6 Å². The zero-order chi connectivity index (χ0) is 14.3. The molecule has 1 fully saturated rings. The number of amides is 1. The number of carbonyl (C=O) groups is 2. The maximum atomic E-state index is 12.6. The Morgan fingerprint density at radius 2 is 2.14 bits per heavy atom. The van der Waals surface area contributed by atoms with E-state index in [2.05, 4.69) is 5.32 Å². The summed E-state index contributed by atoms with van der Waals surface area (Å²) in [5, 5.41) is 3.26. The lowest BCUT2D eigenvalue weighted by atomic mass is 9.94. The zero-order valence-corrected chi connectivity index (χ0v) is 13.2. The van der Waals surface area contributed by atoms with Crippen molar-refractivity contribution >= 4 is 24.1 Å². The molecule has 1 aromatic rings. The molecule has 0 aromatic carbocycles. The Hall–Kier alpha value is -1.33. The highest BCUT2D eigenvalue weighted by Crippen LogP contribution is 2.30. The molecule has 1 amide bonds. The predicted molar refractivity (Wildman–Crippen MR) is 81.3 cm³/mol. The van der Waals surface area contributed by atoms with Crippen molar-refractivity contribution < 1.29 is 14.0 Å². The molecule has 0 spiro atoms. The number of piperazine rings is 1. The van der Waals surface area contributed by atoms with Gasteiger partial charge in [0, 0.05) is 44.1 Å². The van der Waals surface area contributed by atoms with Crippen LogP contribution in [0.25, 0.3) is 0 Å². The lowest BCUT2D eigenvalue weighted by Gasteiger charge is -2.33. The molecule has 1 saturated heterocycles. The molecule has 1 aromatic heterocycles. The van der Waals surface area contributed by atoms with Crippen LogP contribution in [0.4, 0.5) is 0 Å². The molecule has 1 aliphatic carbocycles. The van der Waals surface area contributed by atoms with Crippen molar-refractivity contribution in [2.45, 2.75) is 39.2 Å². The van der Waals surface area contributed by atoms with Gasteiger partial charge in [0.25, 0.3) is 5.91 Å². The number of halogens is 1. The van der Waals surface area contributed by atoms with Crippen LogP contribution in [-0.2, 0) is 6.42 Å². The summed E-state index contributed by atoms with van der Waals surface area (Å²) in [4.78, 5) is 26.5. The number of Topliss-reactive ketones (excluding diaryl/α,β-unsaturated/α-hetero) is 1. The second-order valence-corrected chi connectivity index (χ2v) is 5.68. The molecule has 3 rings (SSSR count). The number of fused-ring (bicyclic) bond motifs is 1. The summed E-state index contributed by atoms with van der Waals surface area (Å²) in [7, 11) is 0. The third-order valence-electron chi connectivity index (χ3n) is 4.26. The number of nitrogens with zero attached hydrogens (tertiary/aromatic N) is 1. The number of ketones is 1. The largest absolute Gasteiger partial charge is 0.455 e. The molecular formula is C15H21ClN2O3. The topological polar surface area (TPSA) is 62.6 Å². The first-order valence-corrected chi connectivity index (χ1v) is 7.26. The van der Waals surface area contributed by atoms with E-state index in [0.717, 1.165) is 31.5 Å². The van der Waals surface area contributed by atoms with Gasteiger partial charge in [0.1, 0.15) is 5.76 Å². The molecule has 5 nitrogen and oxygen atoms in total. The van der Waals surface area contributed by atoms with E-state index in [9.17, 15) is 9.59 Å². The third-order valence-corrected chi connectivity index (χ3v) is 4.26. The summed E-state index contributed by atoms with van der Waals surface area (Å²) >= 11 is 0. The van der Waals surface area contributed by atoms with E-state index in [1.165, 1.54) is 0 Å². The van der Waals surface area contributed by atoms with Crippen LogP contribution >= 0.6 is 12.4 Å². The van der Waals surface area contributed by atoms with Crippen LogP contribution in [0.5, 0.6) is 0 Å². The number of rotatable bonds is 1. The first-order chi connectivity index (χ1) is 9.59. The van der Waals surface area contributed by atoms with Crippen molar-refractivity contribution in [2.24, 2.45) is 0 Å². The lowest BCUT2D eigenvalue weighted by molar-refractivity contribution is 0.0619. The fraction of sp³-hybridized carbons (Fsp3) is 0.600. The van der Waals surface area contributed by atoms with Gasteiger partial charge in [-0.3, -0.25) is 9.59 Å². The summed E-state index contributed by atoms with van der Waals surface area (Å²) < 4.78 is 5.74. The molecule has 0 saturated carbocycles. The average Bonchev–Trinajstić information content (AvgIpc) is 2.77. The maximum absolute atomic E-state index is 12.6. The minimum absolute atomic E-state index is 0. The van der Waals surface area contributed by atoms with E-state index in [1.807, 2.05) is 18.7 Å². The highest BCUT2D eigenvalue weighted by Gasteiger charge is 2.32. The molecule has 1 N–H and O–H groups in total. The highest BCUT2D eigenvalue weighted by atomic mass is 35.5. The van der Waals surface area contributed by atoms with E-state index in [0.29, 0.717) is 30.0 Å². The van der Waals surface area contributed by atoms with E-state index >= 15 is 0 Å². The van der Waals surface area contributed by atoms with Gasteiger partial charge in [-0.05, 0) is 20.3 Å². The maximum Gasteiger partial charge on any atom is 0.290 e. The zero-order valence-electron chi connectivity index (χ0n) is 12.4. The molecule has 0 bridgehead atoms. The van der Waals surface area contributed by atoms with Gasteiger partial charge >= 0.3 is 0 Å². The summed E-state index contributed by atoms with van der Waals surface area (Å²) in [6.07, 6.45) is 2.13.